The maximum absolute atomic E-state index is 12.6. The fourth-order valence-corrected chi connectivity index (χ4v) is 3.76. The van der Waals surface area contributed by atoms with Crippen molar-refractivity contribution in [1.29, 1.82) is 0 Å². The van der Waals surface area contributed by atoms with E-state index < -0.39 is 0 Å². The van der Waals surface area contributed by atoms with Crippen LogP contribution in [0.3, 0.4) is 0 Å². The predicted octanol–water partition coefficient (Wildman–Crippen LogP) is 0.720. The smallest absolute Gasteiger partial charge is 0.225 e. The quantitative estimate of drug-likeness (QED) is 0.781. The van der Waals surface area contributed by atoms with Gasteiger partial charge in [0.25, 0.3) is 0 Å². The topological polar surface area (TPSA) is 77.0 Å². The van der Waals surface area contributed by atoms with Crippen molar-refractivity contribution in [2.45, 2.75) is 25.4 Å². The number of carbonyl (C=O) groups excluding carboxylic acids is 1. The summed E-state index contributed by atoms with van der Waals surface area (Å²) in [5.74, 6) is 1.80. The Bertz CT molecular complexity index is 617. The lowest BCUT2D eigenvalue weighted by atomic mass is 9.99. The largest absolute Gasteiger partial charge is 0.472 e. The molecule has 1 aromatic heterocycles. The molecule has 1 atom stereocenters. The molecule has 0 aromatic carbocycles. The van der Waals surface area contributed by atoms with E-state index in [-0.39, 0.29) is 17.9 Å². The standard InChI is InChI=1S/C18H26N4O4/c23-18(14-2-7-24-8-3-14)22-4-1-15(12-22)26-17-11-16(19-13-20-17)21-5-9-25-10-6-21/h11,13-15H,1-10,12H2. The van der Waals surface area contributed by atoms with Gasteiger partial charge in [0.2, 0.25) is 11.8 Å². The second kappa shape index (κ2) is 8.18. The molecule has 0 bridgehead atoms. The van der Waals surface area contributed by atoms with E-state index in [2.05, 4.69) is 14.9 Å². The molecule has 3 saturated heterocycles. The number of amides is 1. The molecular formula is C18H26N4O4. The predicted molar refractivity (Wildman–Crippen MR) is 94.2 cm³/mol. The highest BCUT2D eigenvalue weighted by Gasteiger charge is 2.32. The SMILES string of the molecule is O=C(C1CCOCC1)N1CCC(Oc2cc(N3CCOCC3)ncn2)C1. The van der Waals surface area contributed by atoms with Gasteiger partial charge >= 0.3 is 0 Å². The van der Waals surface area contributed by atoms with Crippen LogP contribution < -0.4 is 9.64 Å². The zero-order chi connectivity index (χ0) is 17.8. The number of anilines is 1. The molecule has 3 aliphatic rings. The highest BCUT2D eigenvalue weighted by molar-refractivity contribution is 5.79. The number of aromatic nitrogens is 2. The number of hydrogen-bond donors (Lipinski definition) is 0. The van der Waals surface area contributed by atoms with Gasteiger partial charge in [-0.2, -0.15) is 0 Å². The lowest BCUT2D eigenvalue weighted by Gasteiger charge is -2.28. The minimum absolute atomic E-state index is 0.00812. The van der Waals surface area contributed by atoms with Gasteiger partial charge in [0.1, 0.15) is 18.2 Å². The Morgan fingerprint density at radius 1 is 1.04 bits per heavy atom. The first-order valence-electron chi connectivity index (χ1n) is 9.47. The molecule has 1 unspecified atom stereocenters. The Balaban J connectivity index is 1.32. The van der Waals surface area contributed by atoms with Gasteiger partial charge in [-0.15, -0.1) is 0 Å². The van der Waals surface area contributed by atoms with Crippen molar-refractivity contribution in [3.8, 4) is 5.88 Å². The Hall–Kier alpha value is -1.93. The molecule has 0 radical (unpaired) electrons. The molecule has 8 heteroatoms. The van der Waals surface area contributed by atoms with Gasteiger partial charge in [-0.3, -0.25) is 4.79 Å². The summed E-state index contributed by atoms with van der Waals surface area (Å²) in [4.78, 5) is 25.3. The second-order valence-electron chi connectivity index (χ2n) is 7.01. The average Bonchev–Trinajstić information content (AvgIpc) is 3.17. The van der Waals surface area contributed by atoms with Crippen molar-refractivity contribution in [2.75, 3.05) is 57.5 Å². The van der Waals surface area contributed by atoms with E-state index in [1.165, 1.54) is 0 Å². The Morgan fingerprint density at radius 3 is 2.62 bits per heavy atom. The molecule has 8 nitrogen and oxygen atoms in total. The summed E-state index contributed by atoms with van der Waals surface area (Å²) in [7, 11) is 0. The summed E-state index contributed by atoms with van der Waals surface area (Å²) in [6, 6.07) is 1.88. The molecule has 0 N–H and O–H groups in total. The molecule has 0 saturated carbocycles. The highest BCUT2D eigenvalue weighted by Crippen LogP contribution is 2.24. The van der Waals surface area contributed by atoms with E-state index in [9.17, 15) is 4.79 Å². The van der Waals surface area contributed by atoms with Gasteiger partial charge < -0.3 is 24.0 Å². The molecule has 0 spiro atoms. The summed E-state index contributed by atoms with van der Waals surface area (Å²) < 4.78 is 16.8. The van der Waals surface area contributed by atoms with Crippen LogP contribution in [0.15, 0.2) is 12.4 Å². The van der Waals surface area contributed by atoms with Crippen molar-refractivity contribution in [3.05, 3.63) is 12.4 Å². The number of carbonyl (C=O) groups is 1. The van der Waals surface area contributed by atoms with Crippen LogP contribution in [0.4, 0.5) is 5.82 Å². The minimum Gasteiger partial charge on any atom is -0.472 e. The fourth-order valence-electron chi connectivity index (χ4n) is 3.76. The van der Waals surface area contributed by atoms with Gasteiger partial charge in [-0.05, 0) is 12.8 Å². The van der Waals surface area contributed by atoms with Gasteiger partial charge in [0.15, 0.2) is 0 Å². The third-order valence-corrected chi connectivity index (χ3v) is 5.28. The van der Waals surface area contributed by atoms with Crippen molar-refractivity contribution >= 4 is 11.7 Å². The number of morpholine rings is 1. The fraction of sp³-hybridized carbons (Fsp3) is 0.722. The minimum atomic E-state index is -0.00812. The van der Waals surface area contributed by atoms with Crippen LogP contribution in [0.25, 0.3) is 0 Å². The molecule has 4 heterocycles. The molecule has 1 amide bonds. The van der Waals surface area contributed by atoms with Crippen LogP contribution in [-0.4, -0.2) is 79.5 Å². The normalized spacial score (nSPS) is 24.7. The number of nitrogens with zero attached hydrogens (tertiary/aromatic N) is 4. The van der Waals surface area contributed by atoms with Gasteiger partial charge in [0.05, 0.1) is 19.8 Å². The Kier molecular flexibility index (Phi) is 5.50. The summed E-state index contributed by atoms with van der Waals surface area (Å²) in [5.41, 5.74) is 0. The van der Waals surface area contributed by atoms with Crippen molar-refractivity contribution < 1.29 is 19.0 Å². The summed E-state index contributed by atoms with van der Waals surface area (Å²) in [6.07, 6.45) is 4.03. The maximum Gasteiger partial charge on any atom is 0.225 e. The van der Waals surface area contributed by atoms with Crippen molar-refractivity contribution in [1.82, 2.24) is 14.9 Å². The number of hydrogen-bond acceptors (Lipinski definition) is 7. The van der Waals surface area contributed by atoms with Gasteiger partial charge in [-0.1, -0.05) is 0 Å². The molecule has 0 aliphatic carbocycles. The number of likely N-dealkylation sites (tertiary alicyclic amines) is 1. The van der Waals surface area contributed by atoms with Crippen LogP contribution in [0.5, 0.6) is 5.88 Å². The molecule has 4 rings (SSSR count). The Labute approximate surface area is 153 Å². The van der Waals surface area contributed by atoms with Crippen molar-refractivity contribution in [2.24, 2.45) is 5.92 Å². The van der Waals surface area contributed by atoms with E-state index >= 15 is 0 Å². The molecule has 1 aromatic rings. The molecular weight excluding hydrogens is 336 g/mol. The van der Waals surface area contributed by atoms with Crippen molar-refractivity contribution in [3.63, 3.8) is 0 Å². The first-order chi connectivity index (χ1) is 12.8. The Morgan fingerprint density at radius 2 is 1.81 bits per heavy atom. The molecule has 142 valence electrons. The molecule has 3 aliphatic heterocycles. The van der Waals surface area contributed by atoms with Crippen LogP contribution >= 0.6 is 0 Å². The number of rotatable bonds is 4. The first-order valence-corrected chi connectivity index (χ1v) is 9.47. The zero-order valence-corrected chi connectivity index (χ0v) is 15.0. The third-order valence-electron chi connectivity index (χ3n) is 5.28. The van der Waals surface area contributed by atoms with E-state index in [1.54, 1.807) is 6.33 Å². The number of ether oxygens (including phenoxy) is 3. The van der Waals surface area contributed by atoms with Crippen LogP contribution in [-0.2, 0) is 14.3 Å². The third kappa shape index (κ3) is 4.07. The van der Waals surface area contributed by atoms with Gasteiger partial charge in [-0.25, -0.2) is 9.97 Å². The summed E-state index contributed by atoms with van der Waals surface area (Å²) in [5, 5.41) is 0. The average molecular weight is 362 g/mol. The van der Waals surface area contributed by atoms with Crippen LogP contribution in [0.2, 0.25) is 0 Å². The van der Waals surface area contributed by atoms with E-state index in [0.717, 1.165) is 44.7 Å². The van der Waals surface area contributed by atoms with Gasteiger partial charge in [0, 0.05) is 51.3 Å². The molecule has 3 fully saturated rings. The van der Waals surface area contributed by atoms with Crippen LogP contribution in [0, 0.1) is 5.92 Å². The molecule has 26 heavy (non-hydrogen) atoms. The van der Waals surface area contributed by atoms with E-state index in [0.29, 0.717) is 38.9 Å². The van der Waals surface area contributed by atoms with E-state index in [4.69, 9.17) is 14.2 Å². The summed E-state index contributed by atoms with van der Waals surface area (Å²) in [6.45, 7) is 5.85. The monoisotopic (exact) mass is 362 g/mol. The highest BCUT2D eigenvalue weighted by atomic mass is 16.5. The maximum atomic E-state index is 12.6. The van der Waals surface area contributed by atoms with Crippen LogP contribution in [0.1, 0.15) is 19.3 Å². The summed E-state index contributed by atoms with van der Waals surface area (Å²) >= 11 is 0. The first kappa shape index (κ1) is 17.5. The second-order valence-corrected chi connectivity index (χ2v) is 7.01. The lowest BCUT2D eigenvalue weighted by Crippen LogP contribution is -2.38. The zero-order valence-electron chi connectivity index (χ0n) is 15.0. The van der Waals surface area contributed by atoms with E-state index in [1.807, 2.05) is 11.0 Å². The lowest BCUT2D eigenvalue weighted by molar-refractivity contribution is -0.137.